The third kappa shape index (κ3) is 2.56. The summed E-state index contributed by atoms with van der Waals surface area (Å²) in [6, 6.07) is 9.65. The van der Waals surface area contributed by atoms with Crippen molar-refractivity contribution < 1.29 is 5.11 Å². The number of rotatable bonds is 3. The van der Waals surface area contributed by atoms with Crippen LogP contribution < -0.4 is 0 Å². The van der Waals surface area contributed by atoms with E-state index in [0.29, 0.717) is 6.42 Å². The summed E-state index contributed by atoms with van der Waals surface area (Å²) in [5.74, 6) is 0.718. The van der Waals surface area contributed by atoms with E-state index in [1.165, 1.54) is 0 Å². The molecule has 0 radical (unpaired) electrons. The van der Waals surface area contributed by atoms with Crippen molar-refractivity contribution in [2.75, 3.05) is 5.75 Å². The van der Waals surface area contributed by atoms with Gasteiger partial charge in [0.1, 0.15) is 0 Å². The van der Waals surface area contributed by atoms with E-state index in [1.807, 2.05) is 30.3 Å². The van der Waals surface area contributed by atoms with Crippen LogP contribution in [-0.4, -0.2) is 10.9 Å². The molecule has 1 aromatic carbocycles. The van der Waals surface area contributed by atoms with Crippen molar-refractivity contribution in [1.82, 2.24) is 0 Å². The molecule has 1 nitrogen and oxygen atoms in total. The number of benzene rings is 1. The molecule has 0 aliphatic carbocycles. The van der Waals surface area contributed by atoms with Gasteiger partial charge in [-0.25, -0.2) is 0 Å². The second kappa shape index (κ2) is 4.42. The molecular formula is C9H12OS. The van der Waals surface area contributed by atoms with E-state index in [4.69, 9.17) is 0 Å². The molecule has 1 rings (SSSR count). The first kappa shape index (κ1) is 8.62. The number of hydrogen-bond donors (Lipinski definition) is 2. The van der Waals surface area contributed by atoms with Gasteiger partial charge in [-0.15, -0.1) is 0 Å². The fourth-order valence-electron chi connectivity index (χ4n) is 0.964. The minimum Gasteiger partial charge on any atom is -0.388 e. The van der Waals surface area contributed by atoms with Gasteiger partial charge in [0.05, 0.1) is 6.10 Å². The summed E-state index contributed by atoms with van der Waals surface area (Å²) in [6.45, 7) is 0. The van der Waals surface area contributed by atoms with Crippen molar-refractivity contribution >= 4 is 12.6 Å². The Morgan fingerprint density at radius 2 is 1.91 bits per heavy atom. The van der Waals surface area contributed by atoms with E-state index in [9.17, 15) is 5.11 Å². The molecule has 0 saturated carbocycles. The second-order valence-corrected chi connectivity index (χ2v) is 2.89. The van der Waals surface area contributed by atoms with Crippen molar-refractivity contribution in [1.29, 1.82) is 0 Å². The van der Waals surface area contributed by atoms with E-state index in [2.05, 4.69) is 12.6 Å². The summed E-state index contributed by atoms with van der Waals surface area (Å²) >= 11 is 4.05. The highest BCUT2D eigenvalue weighted by atomic mass is 32.1. The molecule has 1 atom stereocenters. The van der Waals surface area contributed by atoms with Gasteiger partial charge in [-0.3, -0.25) is 0 Å². The molecule has 2 heteroatoms. The maximum Gasteiger partial charge on any atom is 0.0797 e. The van der Waals surface area contributed by atoms with Crippen LogP contribution in [0.1, 0.15) is 18.1 Å². The lowest BCUT2D eigenvalue weighted by Crippen LogP contribution is -1.96. The predicted molar refractivity (Wildman–Crippen MR) is 49.9 cm³/mol. The molecule has 0 bridgehead atoms. The van der Waals surface area contributed by atoms with Gasteiger partial charge in [-0.2, -0.15) is 12.6 Å². The standard InChI is InChI=1S/C9H12OS/c10-9(6-7-11)8-4-2-1-3-5-8/h1-5,9-11H,6-7H2. The van der Waals surface area contributed by atoms with E-state index in [1.54, 1.807) is 0 Å². The average Bonchev–Trinajstić information content (AvgIpc) is 2.07. The highest BCUT2D eigenvalue weighted by Crippen LogP contribution is 2.15. The normalized spacial score (nSPS) is 12.9. The van der Waals surface area contributed by atoms with Crippen LogP contribution in [0.25, 0.3) is 0 Å². The fraction of sp³-hybridized carbons (Fsp3) is 0.333. The molecule has 1 N–H and O–H groups in total. The lowest BCUT2D eigenvalue weighted by molar-refractivity contribution is 0.175. The largest absolute Gasteiger partial charge is 0.388 e. The maximum atomic E-state index is 9.47. The predicted octanol–water partition coefficient (Wildman–Crippen LogP) is 2.04. The van der Waals surface area contributed by atoms with Crippen molar-refractivity contribution in [2.45, 2.75) is 12.5 Å². The van der Waals surface area contributed by atoms with Crippen LogP contribution in [0.15, 0.2) is 30.3 Å². The number of thiol groups is 1. The summed E-state index contributed by atoms with van der Waals surface area (Å²) in [6.07, 6.45) is 0.362. The van der Waals surface area contributed by atoms with Crippen molar-refractivity contribution in [2.24, 2.45) is 0 Å². The first-order chi connectivity index (χ1) is 5.34. The van der Waals surface area contributed by atoms with Crippen LogP contribution in [-0.2, 0) is 0 Å². The Bertz CT molecular complexity index is 198. The molecule has 0 aliphatic heterocycles. The van der Waals surface area contributed by atoms with Crippen LogP contribution in [0.2, 0.25) is 0 Å². The van der Waals surface area contributed by atoms with Crippen LogP contribution in [0.4, 0.5) is 0 Å². The lowest BCUT2D eigenvalue weighted by atomic mass is 10.1. The van der Waals surface area contributed by atoms with Crippen molar-refractivity contribution in [3.8, 4) is 0 Å². The number of aliphatic hydroxyl groups is 1. The lowest BCUT2D eigenvalue weighted by Gasteiger charge is -2.07. The summed E-state index contributed by atoms with van der Waals surface area (Å²) in [4.78, 5) is 0. The fourth-order valence-corrected chi connectivity index (χ4v) is 1.21. The zero-order valence-electron chi connectivity index (χ0n) is 6.27. The Labute approximate surface area is 72.5 Å². The monoisotopic (exact) mass is 168 g/mol. The van der Waals surface area contributed by atoms with Gasteiger partial charge in [0.25, 0.3) is 0 Å². The Morgan fingerprint density at radius 3 is 2.45 bits per heavy atom. The SMILES string of the molecule is OC(CCS)c1ccccc1. The van der Waals surface area contributed by atoms with Gasteiger partial charge >= 0.3 is 0 Å². The molecular weight excluding hydrogens is 156 g/mol. The maximum absolute atomic E-state index is 9.47. The van der Waals surface area contributed by atoms with E-state index < -0.39 is 0 Å². The van der Waals surface area contributed by atoms with Crippen molar-refractivity contribution in [3.05, 3.63) is 35.9 Å². The highest BCUT2D eigenvalue weighted by Gasteiger charge is 2.03. The van der Waals surface area contributed by atoms with Gasteiger partial charge in [0.2, 0.25) is 0 Å². The van der Waals surface area contributed by atoms with E-state index >= 15 is 0 Å². The van der Waals surface area contributed by atoms with Crippen LogP contribution in [0.5, 0.6) is 0 Å². The Morgan fingerprint density at radius 1 is 1.27 bits per heavy atom. The smallest absolute Gasteiger partial charge is 0.0797 e. The Kier molecular flexibility index (Phi) is 3.46. The summed E-state index contributed by atoms with van der Waals surface area (Å²) in [5, 5.41) is 9.47. The molecule has 11 heavy (non-hydrogen) atoms. The molecule has 0 fully saturated rings. The van der Waals surface area contributed by atoms with Gasteiger partial charge in [-0.05, 0) is 17.7 Å². The van der Waals surface area contributed by atoms with E-state index in [-0.39, 0.29) is 6.10 Å². The second-order valence-electron chi connectivity index (χ2n) is 2.44. The summed E-state index contributed by atoms with van der Waals surface area (Å²) < 4.78 is 0. The topological polar surface area (TPSA) is 20.2 Å². The molecule has 1 aromatic rings. The summed E-state index contributed by atoms with van der Waals surface area (Å²) in [7, 11) is 0. The Balaban J connectivity index is 2.61. The first-order valence-electron chi connectivity index (χ1n) is 3.68. The van der Waals surface area contributed by atoms with Crippen molar-refractivity contribution in [3.63, 3.8) is 0 Å². The minimum absolute atomic E-state index is 0.353. The van der Waals surface area contributed by atoms with Gasteiger partial charge in [-0.1, -0.05) is 30.3 Å². The van der Waals surface area contributed by atoms with Crippen LogP contribution in [0.3, 0.4) is 0 Å². The van der Waals surface area contributed by atoms with Gasteiger partial charge in [0.15, 0.2) is 0 Å². The molecule has 0 aliphatic rings. The Hall–Kier alpha value is -0.470. The zero-order valence-corrected chi connectivity index (χ0v) is 7.17. The summed E-state index contributed by atoms with van der Waals surface area (Å²) in [5.41, 5.74) is 0.974. The minimum atomic E-state index is -0.353. The molecule has 60 valence electrons. The molecule has 0 saturated heterocycles. The molecule has 1 unspecified atom stereocenters. The van der Waals surface area contributed by atoms with Crippen LogP contribution >= 0.6 is 12.6 Å². The third-order valence-electron chi connectivity index (χ3n) is 1.59. The van der Waals surface area contributed by atoms with Gasteiger partial charge < -0.3 is 5.11 Å². The van der Waals surface area contributed by atoms with Crippen LogP contribution in [0, 0.1) is 0 Å². The number of hydrogen-bond acceptors (Lipinski definition) is 2. The quantitative estimate of drug-likeness (QED) is 0.662. The molecule has 0 spiro atoms. The number of aliphatic hydroxyl groups excluding tert-OH is 1. The average molecular weight is 168 g/mol. The zero-order chi connectivity index (χ0) is 8.10. The highest BCUT2D eigenvalue weighted by molar-refractivity contribution is 7.80. The van der Waals surface area contributed by atoms with Gasteiger partial charge in [0, 0.05) is 0 Å². The third-order valence-corrected chi connectivity index (χ3v) is 1.85. The first-order valence-corrected chi connectivity index (χ1v) is 4.31. The molecule has 0 aromatic heterocycles. The molecule has 0 heterocycles. The van der Waals surface area contributed by atoms with E-state index in [0.717, 1.165) is 11.3 Å². The molecule has 0 amide bonds.